The fourth-order valence-corrected chi connectivity index (χ4v) is 4.55. The molecule has 2 nitrogen and oxygen atoms in total. The van der Waals surface area contributed by atoms with E-state index in [0.717, 1.165) is 11.8 Å². The maximum Gasteiger partial charge on any atom is 0.0707 e. The molecule has 0 radical (unpaired) electrons. The molecular formula is C18H34O2. The first-order chi connectivity index (χ1) is 9.74. The molecule has 2 aliphatic carbocycles. The Balaban J connectivity index is 1.85. The van der Waals surface area contributed by atoms with Crippen LogP contribution in [0, 0.1) is 11.8 Å². The Hall–Kier alpha value is -0.0800. The molecule has 0 unspecified atom stereocenters. The molecule has 0 atom stereocenters. The van der Waals surface area contributed by atoms with Gasteiger partial charge in [0.15, 0.2) is 0 Å². The van der Waals surface area contributed by atoms with E-state index in [1.54, 1.807) is 0 Å². The summed E-state index contributed by atoms with van der Waals surface area (Å²) in [5.41, 5.74) is 0.196. The zero-order valence-corrected chi connectivity index (χ0v) is 13.8. The van der Waals surface area contributed by atoms with Crippen molar-refractivity contribution >= 4 is 0 Å². The van der Waals surface area contributed by atoms with Crippen molar-refractivity contribution in [2.24, 2.45) is 11.8 Å². The summed E-state index contributed by atoms with van der Waals surface area (Å²) >= 11 is 0. The molecule has 118 valence electrons. The molecule has 2 rings (SSSR count). The number of unbranched alkanes of at least 4 members (excludes halogenated alkanes) is 1. The van der Waals surface area contributed by atoms with Crippen LogP contribution >= 0.6 is 0 Å². The second-order valence-electron chi connectivity index (χ2n) is 7.06. The van der Waals surface area contributed by atoms with Crippen LogP contribution in [0.4, 0.5) is 0 Å². The maximum absolute atomic E-state index is 6.10. The Morgan fingerprint density at radius 3 is 2.10 bits per heavy atom. The van der Waals surface area contributed by atoms with Crippen molar-refractivity contribution in [1.29, 1.82) is 0 Å². The van der Waals surface area contributed by atoms with Crippen LogP contribution in [0.2, 0.25) is 0 Å². The Bertz CT molecular complexity index is 261. The summed E-state index contributed by atoms with van der Waals surface area (Å²) in [5, 5.41) is 0. The molecule has 2 saturated carbocycles. The molecule has 0 bridgehead atoms. The van der Waals surface area contributed by atoms with Crippen LogP contribution in [-0.4, -0.2) is 25.9 Å². The van der Waals surface area contributed by atoms with E-state index in [0.29, 0.717) is 6.10 Å². The highest BCUT2D eigenvalue weighted by atomic mass is 16.5. The van der Waals surface area contributed by atoms with Gasteiger partial charge in [0.1, 0.15) is 0 Å². The zero-order chi connectivity index (χ0) is 14.4. The fraction of sp³-hybridized carbons (Fsp3) is 1.00. The Kier molecular flexibility index (Phi) is 6.35. The molecule has 0 N–H and O–H groups in total. The van der Waals surface area contributed by atoms with Crippen molar-refractivity contribution in [2.45, 2.75) is 89.3 Å². The second kappa shape index (κ2) is 7.79. The minimum atomic E-state index is 0.196. The number of methoxy groups -OCH3 is 2. The van der Waals surface area contributed by atoms with E-state index in [4.69, 9.17) is 9.47 Å². The average molecular weight is 282 g/mol. The molecule has 0 amide bonds. The Morgan fingerprint density at radius 2 is 1.60 bits per heavy atom. The van der Waals surface area contributed by atoms with Gasteiger partial charge in [0.2, 0.25) is 0 Å². The van der Waals surface area contributed by atoms with Crippen LogP contribution in [-0.2, 0) is 9.47 Å². The van der Waals surface area contributed by atoms with E-state index >= 15 is 0 Å². The number of hydrogen-bond acceptors (Lipinski definition) is 2. The van der Waals surface area contributed by atoms with Crippen molar-refractivity contribution in [3.63, 3.8) is 0 Å². The number of hydrogen-bond donors (Lipinski definition) is 0. The summed E-state index contributed by atoms with van der Waals surface area (Å²) in [5.74, 6) is 1.74. The summed E-state index contributed by atoms with van der Waals surface area (Å²) in [6.45, 7) is 2.30. The molecule has 20 heavy (non-hydrogen) atoms. The van der Waals surface area contributed by atoms with Crippen LogP contribution in [0.25, 0.3) is 0 Å². The van der Waals surface area contributed by atoms with Crippen molar-refractivity contribution in [3.05, 3.63) is 0 Å². The van der Waals surface area contributed by atoms with Gasteiger partial charge in [0.05, 0.1) is 11.7 Å². The van der Waals surface area contributed by atoms with Gasteiger partial charge in [-0.05, 0) is 63.2 Å². The average Bonchev–Trinajstić information content (AvgIpc) is 2.53. The van der Waals surface area contributed by atoms with Crippen molar-refractivity contribution in [1.82, 2.24) is 0 Å². The van der Waals surface area contributed by atoms with Crippen LogP contribution in [0.5, 0.6) is 0 Å². The van der Waals surface area contributed by atoms with E-state index in [-0.39, 0.29) is 5.60 Å². The molecule has 2 heteroatoms. The highest BCUT2D eigenvalue weighted by Crippen LogP contribution is 2.46. The maximum atomic E-state index is 6.10. The lowest BCUT2D eigenvalue weighted by atomic mass is 9.66. The smallest absolute Gasteiger partial charge is 0.0707 e. The van der Waals surface area contributed by atoms with Gasteiger partial charge in [-0.15, -0.1) is 0 Å². The molecule has 0 aromatic carbocycles. The van der Waals surface area contributed by atoms with E-state index in [9.17, 15) is 0 Å². The van der Waals surface area contributed by atoms with E-state index < -0.39 is 0 Å². The lowest BCUT2D eigenvalue weighted by molar-refractivity contribution is -0.111. The Labute approximate surface area is 125 Å². The molecule has 0 spiro atoms. The minimum Gasteiger partial charge on any atom is -0.381 e. The van der Waals surface area contributed by atoms with Crippen LogP contribution in [0.1, 0.15) is 77.6 Å². The normalized spacial score (nSPS) is 38.9. The summed E-state index contributed by atoms with van der Waals surface area (Å²) in [6, 6.07) is 0. The monoisotopic (exact) mass is 282 g/mol. The van der Waals surface area contributed by atoms with Gasteiger partial charge < -0.3 is 9.47 Å². The zero-order valence-electron chi connectivity index (χ0n) is 13.8. The summed E-state index contributed by atoms with van der Waals surface area (Å²) in [4.78, 5) is 0. The largest absolute Gasteiger partial charge is 0.381 e. The third-order valence-corrected chi connectivity index (χ3v) is 6.08. The van der Waals surface area contributed by atoms with Gasteiger partial charge in [0.25, 0.3) is 0 Å². The third kappa shape index (κ3) is 3.76. The van der Waals surface area contributed by atoms with Gasteiger partial charge in [-0.3, -0.25) is 0 Å². The Morgan fingerprint density at radius 1 is 0.950 bits per heavy atom. The van der Waals surface area contributed by atoms with Crippen molar-refractivity contribution in [3.8, 4) is 0 Å². The summed E-state index contributed by atoms with van der Waals surface area (Å²) < 4.78 is 11.6. The van der Waals surface area contributed by atoms with Gasteiger partial charge in [0, 0.05) is 14.2 Å². The van der Waals surface area contributed by atoms with Crippen molar-refractivity contribution in [2.75, 3.05) is 14.2 Å². The lowest BCUT2D eigenvalue weighted by Crippen LogP contribution is -2.45. The molecule has 0 aromatic heterocycles. The SMILES string of the molecule is CCCC[C@H]1CC[C@@](OC)([C@H]2CC[C@H](OC)CC2)CC1. The highest BCUT2D eigenvalue weighted by molar-refractivity contribution is 4.94. The van der Waals surface area contributed by atoms with Gasteiger partial charge in [-0.2, -0.15) is 0 Å². The number of rotatable bonds is 6. The molecule has 2 aliphatic rings. The summed E-state index contributed by atoms with van der Waals surface area (Å²) in [6.07, 6.45) is 15.1. The van der Waals surface area contributed by atoms with Gasteiger partial charge >= 0.3 is 0 Å². The van der Waals surface area contributed by atoms with Crippen LogP contribution in [0.3, 0.4) is 0 Å². The fourth-order valence-electron chi connectivity index (χ4n) is 4.55. The van der Waals surface area contributed by atoms with Crippen LogP contribution in [0.15, 0.2) is 0 Å². The second-order valence-corrected chi connectivity index (χ2v) is 7.06. The van der Waals surface area contributed by atoms with E-state index in [1.165, 1.54) is 70.6 Å². The van der Waals surface area contributed by atoms with E-state index in [2.05, 4.69) is 6.92 Å². The standard InChI is InChI=1S/C18H34O2/c1-4-5-6-15-11-13-18(20-3,14-12-15)16-7-9-17(19-2)10-8-16/h15-17H,4-14H2,1-3H3/t15-,16-,17-,18-. The molecule has 0 aromatic rings. The highest BCUT2D eigenvalue weighted by Gasteiger charge is 2.43. The lowest BCUT2D eigenvalue weighted by Gasteiger charge is -2.47. The predicted molar refractivity (Wildman–Crippen MR) is 84.0 cm³/mol. The van der Waals surface area contributed by atoms with E-state index in [1.807, 2.05) is 14.2 Å². The molecule has 0 heterocycles. The predicted octanol–water partition coefficient (Wildman–Crippen LogP) is 4.96. The topological polar surface area (TPSA) is 18.5 Å². The van der Waals surface area contributed by atoms with Gasteiger partial charge in [-0.25, -0.2) is 0 Å². The number of ether oxygens (including phenoxy) is 2. The first kappa shape index (κ1) is 16.3. The van der Waals surface area contributed by atoms with Crippen molar-refractivity contribution < 1.29 is 9.47 Å². The minimum absolute atomic E-state index is 0.196. The third-order valence-electron chi connectivity index (χ3n) is 6.08. The first-order valence-electron chi connectivity index (χ1n) is 8.82. The molecular weight excluding hydrogens is 248 g/mol. The molecule has 0 saturated heterocycles. The molecule has 2 fully saturated rings. The molecule has 0 aliphatic heterocycles. The van der Waals surface area contributed by atoms with Gasteiger partial charge in [-0.1, -0.05) is 26.2 Å². The first-order valence-corrected chi connectivity index (χ1v) is 8.82. The summed E-state index contributed by atoms with van der Waals surface area (Å²) in [7, 11) is 3.81. The van der Waals surface area contributed by atoms with Crippen LogP contribution < -0.4 is 0 Å². The quantitative estimate of drug-likeness (QED) is 0.685.